The van der Waals surface area contributed by atoms with Crippen molar-refractivity contribution in [3.8, 4) is 5.75 Å². The van der Waals surface area contributed by atoms with Gasteiger partial charge in [0, 0.05) is 12.0 Å². The van der Waals surface area contributed by atoms with E-state index in [4.69, 9.17) is 14.2 Å². The van der Waals surface area contributed by atoms with E-state index in [2.05, 4.69) is 48.6 Å². The van der Waals surface area contributed by atoms with Crippen molar-refractivity contribution in [2.45, 2.75) is 57.8 Å². The molecule has 0 aliphatic rings. The Morgan fingerprint density at radius 3 is 2.25 bits per heavy atom. The molecule has 0 spiro atoms. The quantitative estimate of drug-likeness (QED) is 0.128. The zero-order chi connectivity index (χ0) is 28.4. The predicted octanol–water partition coefficient (Wildman–Crippen LogP) is 7.87. The zero-order valence-corrected chi connectivity index (χ0v) is 23.8. The fraction of sp³-hybridized carbons (Fsp3) is 0.371. The monoisotopic (exact) mass is 542 g/mol. The number of benzene rings is 3. The van der Waals surface area contributed by atoms with Crippen molar-refractivity contribution in [1.29, 1.82) is 0 Å². The number of esters is 2. The molecule has 0 aromatic heterocycles. The van der Waals surface area contributed by atoms with Gasteiger partial charge >= 0.3 is 11.9 Å². The van der Waals surface area contributed by atoms with E-state index >= 15 is 0 Å². The maximum atomic E-state index is 11.8. The van der Waals surface area contributed by atoms with E-state index in [-0.39, 0.29) is 17.9 Å². The van der Waals surface area contributed by atoms with Crippen LogP contribution in [0.2, 0.25) is 0 Å². The van der Waals surface area contributed by atoms with Gasteiger partial charge in [0.2, 0.25) is 0 Å². The highest BCUT2D eigenvalue weighted by Crippen LogP contribution is 2.24. The molecule has 5 nitrogen and oxygen atoms in total. The first kappa shape index (κ1) is 30.7. The number of carbonyl (C=O) groups is 2. The van der Waals surface area contributed by atoms with Crippen LogP contribution in [0.3, 0.4) is 0 Å². The Kier molecular flexibility index (Phi) is 13.6. The van der Waals surface area contributed by atoms with E-state index in [1.165, 1.54) is 19.8 Å². The van der Waals surface area contributed by atoms with Crippen LogP contribution in [-0.4, -0.2) is 32.8 Å². The van der Waals surface area contributed by atoms with E-state index in [9.17, 15) is 9.59 Å². The second-order valence-electron chi connectivity index (χ2n) is 10.0. The third kappa shape index (κ3) is 11.1. The minimum atomic E-state index is -0.335. The van der Waals surface area contributed by atoms with Crippen LogP contribution in [0.25, 0.3) is 6.08 Å². The van der Waals surface area contributed by atoms with Crippen LogP contribution in [-0.2, 0) is 27.1 Å². The smallest absolute Gasteiger partial charge is 0.337 e. The highest BCUT2D eigenvalue weighted by molar-refractivity contribution is 5.89. The lowest BCUT2D eigenvalue weighted by atomic mass is 9.92. The molecule has 1 unspecified atom stereocenters. The maximum Gasteiger partial charge on any atom is 0.337 e. The third-order valence-corrected chi connectivity index (χ3v) is 6.98. The minimum Gasteiger partial charge on any atom is -0.493 e. The van der Waals surface area contributed by atoms with Gasteiger partial charge in [0.25, 0.3) is 0 Å². The minimum absolute atomic E-state index is 0.170. The van der Waals surface area contributed by atoms with E-state index in [1.807, 2.05) is 42.5 Å². The van der Waals surface area contributed by atoms with Gasteiger partial charge in [-0.15, -0.1) is 0 Å². The fourth-order valence-electron chi connectivity index (χ4n) is 4.67. The molecule has 0 radical (unpaired) electrons. The summed E-state index contributed by atoms with van der Waals surface area (Å²) >= 11 is 0. The number of carbonyl (C=O) groups excluding carboxylic acids is 2. The van der Waals surface area contributed by atoms with Crippen LogP contribution in [0.5, 0.6) is 5.75 Å². The standard InChI is InChI=1S/C35H42O5/c1-38-34(36)19-11-8-16-29(27-30-21-24-32(25-22-30)35(37)39-2)20-23-31-17-9-10-18-33(31)40-26-12-4-7-15-28-13-5-3-6-14-28/h3,5-6,9-10,13-14,17-18,20-25,29H,4,7-8,11-12,15-16,19,26-27H2,1-2H3. The van der Waals surface area contributed by atoms with Gasteiger partial charge in [-0.2, -0.15) is 0 Å². The molecule has 0 saturated carbocycles. The van der Waals surface area contributed by atoms with Crippen LogP contribution in [0.4, 0.5) is 0 Å². The molecule has 0 aliphatic carbocycles. The largest absolute Gasteiger partial charge is 0.493 e. The maximum absolute atomic E-state index is 11.8. The summed E-state index contributed by atoms with van der Waals surface area (Å²) < 4.78 is 15.8. The molecule has 3 rings (SSSR count). The van der Waals surface area contributed by atoms with Crippen molar-refractivity contribution in [1.82, 2.24) is 0 Å². The number of hydrogen-bond donors (Lipinski definition) is 0. The molecule has 212 valence electrons. The van der Waals surface area contributed by atoms with Gasteiger partial charge in [-0.1, -0.05) is 79.2 Å². The van der Waals surface area contributed by atoms with E-state index in [1.54, 1.807) is 0 Å². The van der Waals surface area contributed by atoms with Gasteiger partial charge in [0.1, 0.15) is 5.75 Å². The summed E-state index contributed by atoms with van der Waals surface area (Å²) in [6, 6.07) is 26.3. The summed E-state index contributed by atoms with van der Waals surface area (Å²) in [7, 11) is 2.81. The van der Waals surface area contributed by atoms with Gasteiger partial charge < -0.3 is 14.2 Å². The average molecular weight is 543 g/mol. The average Bonchev–Trinajstić information content (AvgIpc) is 3.00. The Balaban J connectivity index is 1.57. The van der Waals surface area contributed by atoms with Crippen molar-refractivity contribution in [2.75, 3.05) is 20.8 Å². The molecule has 1 atom stereocenters. The normalized spacial score (nSPS) is 11.8. The molecule has 40 heavy (non-hydrogen) atoms. The van der Waals surface area contributed by atoms with E-state index < -0.39 is 0 Å². The van der Waals surface area contributed by atoms with E-state index in [0.717, 1.165) is 68.2 Å². The number of aryl methyl sites for hydroxylation is 1. The first-order valence-corrected chi connectivity index (χ1v) is 14.3. The number of methoxy groups -OCH3 is 2. The number of ether oxygens (including phenoxy) is 3. The SMILES string of the molecule is COC(=O)CCCCC(C=Cc1ccccc1OCCCCCc1ccccc1)Cc1ccc(C(=O)OC)cc1. The van der Waals surface area contributed by atoms with Gasteiger partial charge in [-0.25, -0.2) is 4.79 Å². The fourth-order valence-corrected chi connectivity index (χ4v) is 4.67. The second-order valence-corrected chi connectivity index (χ2v) is 10.0. The first-order chi connectivity index (χ1) is 19.6. The van der Waals surface area contributed by atoms with Gasteiger partial charge in [-0.05, 0) is 80.2 Å². The van der Waals surface area contributed by atoms with Crippen LogP contribution in [0.1, 0.15) is 72.0 Å². The Labute approximate surface area is 239 Å². The van der Waals surface area contributed by atoms with Crippen molar-refractivity contribution in [3.05, 3.63) is 107 Å². The lowest BCUT2D eigenvalue weighted by Gasteiger charge is -2.14. The molecule has 3 aromatic carbocycles. The Bertz CT molecular complexity index is 1180. The number of rotatable bonds is 17. The molecule has 0 aliphatic heterocycles. The summed E-state index contributed by atoms with van der Waals surface area (Å²) in [5.41, 5.74) is 4.14. The van der Waals surface area contributed by atoms with Crippen LogP contribution in [0.15, 0.2) is 84.9 Å². The Morgan fingerprint density at radius 1 is 0.750 bits per heavy atom. The second kappa shape index (κ2) is 17.7. The summed E-state index contributed by atoms with van der Waals surface area (Å²) in [4.78, 5) is 23.3. The molecule has 0 heterocycles. The van der Waals surface area contributed by atoms with Gasteiger partial charge in [-0.3, -0.25) is 4.79 Å². The number of unbranched alkanes of at least 4 members (excludes halogenated alkanes) is 3. The molecule has 5 heteroatoms. The number of hydrogen-bond acceptors (Lipinski definition) is 5. The third-order valence-electron chi connectivity index (χ3n) is 6.98. The highest BCUT2D eigenvalue weighted by Gasteiger charge is 2.11. The number of para-hydroxylation sites is 1. The summed E-state index contributed by atoms with van der Waals surface area (Å²) in [5, 5.41) is 0. The molecular weight excluding hydrogens is 500 g/mol. The topological polar surface area (TPSA) is 61.8 Å². The zero-order valence-electron chi connectivity index (χ0n) is 23.8. The summed E-state index contributed by atoms with van der Waals surface area (Å²) in [5.74, 6) is 0.664. The van der Waals surface area contributed by atoms with Crippen LogP contribution >= 0.6 is 0 Å². The lowest BCUT2D eigenvalue weighted by Crippen LogP contribution is -2.05. The van der Waals surface area contributed by atoms with Gasteiger partial charge in [0.05, 0.1) is 26.4 Å². The van der Waals surface area contributed by atoms with Gasteiger partial charge in [0.15, 0.2) is 0 Å². The summed E-state index contributed by atoms with van der Waals surface area (Å²) in [6.07, 6.45) is 12.7. The number of allylic oxidation sites excluding steroid dienone is 1. The molecule has 0 amide bonds. The van der Waals surface area contributed by atoms with Crippen molar-refractivity contribution < 1.29 is 23.8 Å². The Hall–Kier alpha value is -3.86. The molecule has 0 bridgehead atoms. The van der Waals surface area contributed by atoms with E-state index in [0.29, 0.717) is 18.6 Å². The highest BCUT2D eigenvalue weighted by atomic mass is 16.5. The van der Waals surface area contributed by atoms with Crippen molar-refractivity contribution >= 4 is 18.0 Å². The predicted molar refractivity (Wildman–Crippen MR) is 160 cm³/mol. The Morgan fingerprint density at radius 2 is 1.50 bits per heavy atom. The van der Waals surface area contributed by atoms with Crippen molar-refractivity contribution in [3.63, 3.8) is 0 Å². The molecule has 3 aromatic rings. The molecular formula is C35H42O5. The van der Waals surface area contributed by atoms with Crippen molar-refractivity contribution in [2.24, 2.45) is 5.92 Å². The first-order valence-electron chi connectivity index (χ1n) is 14.3. The van der Waals surface area contributed by atoms with Crippen LogP contribution < -0.4 is 4.74 Å². The van der Waals surface area contributed by atoms with Crippen LogP contribution in [0, 0.1) is 5.92 Å². The summed E-state index contributed by atoms with van der Waals surface area (Å²) in [6.45, 7) is 0.698. The lowest BCUT2D eigenvalue weighted by molar-refractivity contribution is -0.140. The molecule has 0 fully saturated rings. The molecule has 0 N–H and O–H groups in total. The molecule has 0 saturated heterocycles.